The van der Waals surface area contributed by atoms with Gasteiger partial charge < -0.3 is 14.6 Å². The summed E-state index contributed by atoms with van der Waals surface area (Å²) < 4.78 is 12.8. The number of rotatable bonds is 7. The number of nitrogens with one attached hydrogen (secondary N) is 1. The lowest BCUT2D eigenvalue weighted by atomic mass is 10.2. The zero-order valence-corrected chi connectivity index (χ0v) is 17.9. The van der Waals surface area contributed by atoms with Gasteiger partial charge in [-0.15, -0.1) is 0 Å². The van der Waals surface area contributed by atoms with Crippen LogP contribution < -0.4 is 10.1 Å². The van der Waals surface area contributed by atoms with Crippen molar-refractivity contribution >= 4 is 23.2 Å². The maximum absolute atomic E-state index is 12.8. The second kappa shape index (κ2) is 9.06. The van der Waals surface area contributed by atoms with Gasteiger partial charge in [-0.1, -0.05) is 47.1 Å². The molecule has 0 radical (unpaired) electrons. The summed E-state index contributed by atoms with van der Waals surface area (Å²) in [6.07, 6.45) is 3.33. The molecule has 0 spiro atoms. The standard InChI is InChI=1S/C23H21ClN4O3/c1-15-6-3-4-9-21(15)30-14-20-16(2)31-27-22(20)23(29)26-19-11-25-28(13-19)12-17-7-5-8-18(24)10-17/h3-11,13H,12,14H2,1-2H3,(H,26,29). The van der Waals surface area contributed by atoms with Crippen LogP contribution in [0.5, 0.6) is 5.75 Å². The molecule has 0 bridgehead atoms. The summed E-state index contributed by atoms with van der Waals surface area (Å²) in [5.41, 5.74) is 3.37. The van der Waals surface area contributed by atoms with Crippen molar-refractivity contribution < 1.29 is 14.1 Å². The number of carbonyl (C=O) groups excluding carboxylic acids is 1. The average molecular weight is 437 g/mol. The number of para-hydroxylation sites is 1. The van der Waals surface area contributed by atoms with Crippen LogP contribution >= 0.6 is 11.6 Å². The first-order valence-corrected chi connectivity index (χ1v) is 10.1. The number of nitrogens with zero attached hydrogens (tertiary/aromatic N) is 3. The Morgan fingerprint density at radius 2 is 2.03 bits per heavy atom. The van der Waals surface area contributed by atoms with Crippen LogP contribution in [0.15, 0.2) is 65.4 Å². The number of halogens is 1. The second-order valence-corrected chi connectivity index (χ2v) is 7.57. The third-order valence-electron chi connectivity index (χ3n) is 4.79. The van der Waals surface area contributed by atoms with E-state index >= 15 is 0 Å². The molecule has 1 N–H and O–H groups in total. The molecule has 158 valence electrons. The van der Waals surface area contributed by atoms with Crippen LogP contribution in [-0.4, -0.2) is 20.8 Å². The largest absolute Gasteiger partial charge is 0.488 e. The predicted octanol–water partition coefficient (Wildman–Crippen LogP) is 5.02. The zero-order chi connectivity index (χ0) is 21.8. The fourth-order valence-corrected chi connectivity index (χ4v) is 3.35. The van der Waals surface area contributed by atoms with Crippen LogP contribution in [0.3, 0.4) is 0 Å². The highest BCUT2D eigenvalue weighted by Crippen LogP contribution is 2.22. The van der Waals surface area contributed by atoms with Crippen molar-refractivity contribution in [3.8, 4) is 5.75 Å². The molecule has 0 saturated heterocycles. The SMILES string of the molecule is Cc1ccccc1OCc1c(C(=O)Nc2cnn(Cc3cccc(Cl)c3)c2)noc1C. The normalized spacial score (nSPS) is 10.8. The molecule has 2 heterocycles. The summed E-state index contributed by atoms with van der Waals surface area (Å²) in [6.45, 7) is 4.43. The van der Waals surface area contributed by atoms with E-state index < -0.39 is 0 Å². The lowest BCUT2D eigenvalue weighted by molar-refractivity contribution is 0.101. The Morgan fingerprint density at radius 1 is 1.19 bits per heavy atom. The Hall–Kier alpha value is -3.58. The van der Waals surface area contributed by atoms with Gasteiger partial charge in [0.15, 0.2) is 5.69 Å². The Labute approximate surface area is 184 Å². The molecular weight excluding hydrogens is 416 g/mol. The lowest BCUT2D eigenvalue weighted by Crippen LogP contribution is -2.15. The molecule has 2 aromatic heterocycles. The summed E-state index contributed by atoms with van der Waals surface area (Å²) in [7, 11) is 0. The van der Waals surface area contributed by atoms with Gasteiger partial charge in [-0.2, -0.15) is 5.10 Å². The van der Waals surface area contributed by atoms with Gasteiger partial charge in [0, 0.05) is 11.2 Å². The number of ether oxygens (including phenoxy) is 1. The van der Waals surface area contributed by atoms with Gasteiger partial charge in [0.1, 0.15) is 18.1 Å². The van der Waals surface area contributed by atoms with Crippen molar-refractivity contribution in [3.63, 3.8) is 0 Å². The minimum Gasteiger partial charge on any atom is -0.488 e. The maximum Gasteiger partial charge on any atom is 0.278 e. The van der Waals surface area contributed by atoms with Crippen LogP contribution in [0.25, 0.3) is 0 Å². The number of anilines is 1. The minimum atomic E-state index is -0.387. The number of hydrogen-bond acceptors (Lipinski definition) is 5. The molecule has 0 aliphatic carbocycles. The number of carbonyl (C=O) groups is 1. The predicted molar refractivity (Wildman–Crippen MR) is 117 cm³/mol. The summed E-state index contributed by atoms with van der Waals surface area (Å²) >= 11 is 6.03. The number of benzene rings is 2. The fourth-order valence-electron chi connectivity index (χ4n) is 3.14. The van der Waals surface area contributed by atoms with E-state index in [1.807, 2.05) is 55.5 Å². The monoisotopic (exact) mass is 436 g/mol. The molecule has 0 aliphatic rings. The number of aromatic nitrogens is 3. The molecule has 4 aromatic rings. The van der Waals surface area contributed by atoms with Crippen LogP contribution in [0.4, 0.5) is 5.69 Å². The molecule has 0 aliphatic heterocycles. The Morgan fingerprint density at radius 3 is 2.84 bits per heavy atom. The third kappa shape index (κ3) is 4.95. The topological polar surface area (TPSA) is 82.2 Å². The number of amides is 1. The van der Waals surface area contributed by atoms with Gasteiger partial charge in [-0.05, 0) is 43.2 Å². The lowest BCUT2D eigenvalue weighted by Gasteiger charge is -2.09. The Bertz CT molecular complexity index is 1220. The maximum atomic E-state index is 12.8. The molecule has 0 atom stereocenters. The zero-order valence-electron chi connectivity index (χ0n) is 17.1. The van der Waals surface area contributed by atoms with E-state index in [1.165, 1.54) is 0 Å². The number of hydrogen-bond donors (Lipinski definition) is 1. The fraction of sp³-hybridized carbons (Fsp3) is 0.174. The van der Waals surface area contributed by atoms with Crippen molar-refractivity contribution in [1.29, 1.82) is 0 Å². The Kier molecular flexibility index (Phi) is 6.04. The van der Waals surface area contributed by atoms with Crippen LogP contribution in [0.1, 0.15) is 32.9 Å². The minimum absolute atomic E-state index is 0.178. The summed E-state index contributed by atoms with van der Waals surface area (Å²) in [6, 6.07) is 15.2. The first-order chi connectivity index (χ1) is 15.0. The van der Waals surface area contributed by atoms with E-state index in [0.717, 1.165) is 16.9 Å². The van der Waals surface area contributed by atoms with Gasteiger partial charge in [-0.3, -0.25) is 9.48 Å². The van der Waals surface area contributed by atoms with E-state index in [9.17, 15) is 4.79 Å². The van der Waals surface area contributed by atoms with Crippen molar-refractivity contribution in [2.45, 2.75) is 27.0 Å². The van der Waals surface area contributed by atoms with Crippen molar-refractivity contribution in [2.75, 3.05) is 5.32 Å². The van der Waals surface area contributed by atoms with Crippen LogP contribution in [-0.2, 0) is 13.2 Å². The smallest absolute Gasteiger partial charge is 0.278 e. The third-order valence-corrected chi connectivity index (χ3v) is 5.03. The molecule has 2 aromatic carbocycles. The highest BCUT2D eigenvalue weighted by atomic mass is 35.5. The molecule has 0 saturated carbocycles. The molecule has 0 fully saturated rings. The summed E-state index contributed by atoms with van der Waals surface area (Å²) in [4.78, 5) is 12.8. The van der Waals surface area contributed by atoms with Crippen molar-refractivity contribution in [3.05, 3.63) is 94.1 Å². The highest BCUT2D eigenvalue weighted by molar-refractivity contribution is 6.30. The van der Waals surface area contributed by atoms with E-state index in [4.69, 9.17) is 20.9 Å². The quantitative estimate of drug-likeness (QED) is 0.439. The molecule has 7 nitrogen and oxygen atoms in total. The first kappa shape index (κ1) is 20.7. The summed E-state index contributed by atoms with van der Waals surface area (Å²) in [5, 5.41) is 11.7. The van der Waals surface area contributed by atoms with E-state index in [2.05, 4.69) is 15.6 Å². The Balaban J connectivity index is 1.43. The molecule has 4 rings (SSSR count). The van der Waals surface area contributed by atoms with Gasteiger partial charge in [0.25, 0.3) is 5.91 Å². The van der Waals surface area contributed by atoms with Crippen molar-refractivity contribution in [1.82, 2.24) is 14.9 Å². The van der Waals surface area contributed by atoms with Gasteiger partial charge in [0.2, 0.25) is 0 Å². The first-order valence-electron chi connectivity index (χ1n) is 9.71. The number of aryl methyl sites for hydroxylation is 2. The van der Waals surface area contributed by atoms with Gasteiger partial charge in [0.05, 0.1) is 24.0 Å². The van der Waals surface area contributed by atoms with E-state index in [1.54, 1.807) is 24.0 Å². The molecule has 31 heavy (non-hydrogen) atoms. The molecule has 8 heteroatoms. The average Bonchev–Trinajstić information content (AvgIpc) is 3.33. The van der Waals surface area contributed by atoms with Gasteiger partial charge in [-0.25, -0.2) is 0 Å². The van der Waals surface area contributed by atoms with Crippen molar-refractivity contribution in [2.24, 2.45) is 0 Å². The highest BCUT2D eigenvalue weighted by Gasteiger charge is 2.21. The molecule has 0 unspecified atom stereocenters. The van der Waals surface area contributed by atoms with Gasteiger partial charge >= 0.3 is 0 Å². The molecule has 1 amide bonds. The van der Waals surface area contributed by atoms with Crippen LogP contribution in [0, 0.1) is 13.8 Å². The van der Waals surface area contributed by atoms with Crippen LogP contribution in [0.2, 0.25) is 5.02 Å². The molecular formula is C23H21ClN4O3. The van der Waals surface area contributed by atoms with E-state index in [-0.39, 0.29) is 18.2 Å². The second-order valence-electron chi connectivity index (χ2n) is 7.13. The van der Waals surface area contributed by atoms with E-state index in [0.29, 0.717) is 28.6 Å². The summed E-state index contributed by atoms with van der Waals surface area (Å²) in [5.74, 6) is 0.898.